The number of thioether (sulfide) groups is 1. The van der Waals surface area contributed by atoms with Gasteiger partial charge in [0.1, 0.15) is 0 Å². The van der Waals surface area contributed by atoms with Crippen molar-refractivity contribution in [3.8, 4) is 0 Å². The van der Waals surface area contributed by atoms with Crippen molar-refractivity contribution >= 4 is 27.5 Å². The molecule has 1 aliphatic rings. The van der Waals surface area contributed by atoms with Crippen LogP contribution < -0.4 is 5.73 Å². The summed E-state index contributed by atoms with van der Waals surface area (Å²) < 4.78 is 26.7. The van der Waals surface area contributed by atoms with Crippen LogP contribution in [0.2, 0.25) is 0 Å². The van der Waals surface area contributed by atoms with Crippen LogP contribution in [-0.2, 0) is 10.0 Å². The van der Waals surface area contributed by atoms with Gasteiger partial charge in [0, 0.05) is 28.9 Å². The lowest BCUT2D eigenvalue weighted by molar-refractivity contribution is 0.361. The summed E-state index contributed by atoms with van der Waals surface area (Å²) in [4.78, 5) is 1.02. The smallest absolute Gasteiger partial charge is 0.215 e. The molecule has 1 fully saturated rings. The first-order valence-corrected chi connectivity index (χ1v) is 9.96. The molecule has 1 saturated carbocycles. The van der Waals surface area contributed by atoms with E-state index in [9.17, 15) is 8.42 Å². The SMILES string of the molecule is CC(C)CN(C1CC1)S(=O)(=O)CCSc1cccc(N)c1. The number of hydrogen-bond donors (Lipinski definition) is 1. The Morgan fingerprint density at radius 3 is 2.67 bits per heavy atom. The number of nitrogens with two attached hydrogens (primary N) is 1. The number of sulfonamides is 1. The summed E-state index contributed by atoms with van der Waals surface area (Å²) in [5.41, 5.74) is 6.44. The fourth-order valence-corrected chi connectivity index (χ4v) is 5.43. The van der Waals surface area contributed by atoms with Crippen LogP contribution in [0.25, 0.3) is 0 Å². The topological polar surface area (TPSA) is 63.4 Å². The van der Waals surface area contributed by atoms with E-state index < -0.39 is 10.0 Å². The highest BCUT2D eigenvalue weighted by Gasteiger charge is 2.36. The van der Waals surface area contributed by atoms with Crippen LogP contribution in [0.3, 0.4) is 0 Å². The van der Waals surface area contributed by atoms with Crippen LogP contribution in [0.15, 0.2) is 29.2 Å². The molecule has 0 radical (unpaired) electrons. The molecule has 6 heteroatoms. The summed E-state index contributed by atoms with van der Waals surface area (Å²) in [6, 6.07) is 7.80. The van der Waals surface area contributed by atoms with Crippen molar-refractivity contribution in [2.24, 2.45) is 5.92 Å². The second kappa shape index (κ2) is 7.03. The Morgan fingerprint density at radius 1 is 1.38 bits per heavy atom. The minimum atomic E-state index is -3.15. The van der Waals surface area contributed by atoms with E-state index in [1.807, 2.05) is 24.3 Å². The summed E-state index contributed by atoms with van der Waals surface area (Å²) in [5.74, 6) is 1.12. The van der Waals surface area contributed by atoms with Crippen LogP contribution in [0.5, 0.6) is 0 Å². The van der Waals surface area contributed by atoms with Crippen molar-refractivity contribution in [2.45, 2.75) is 37.6 Å². The van der Waals surface area contributed by atoms with Crippen molar-refractivity contribution < 1.29 is 8.42 Å². The molecule has 0 aromatic heterocycles. The zero-order valence-corrected chi connectivity index (χ0v) is 14.3. The average molecular weight is 329 g/mol. The summed E-state index contributed by atoms with van der Waals surface area (Å²) in [6.07, 6.45) is 2.02. The van der Waals surface area contributed by atoms with Gasteiger partial charge in [0.25, 0.3) is 0 Å². The van der Waals surface area contributed by atoms with Crippen molar-refractivity contribution in [3.05, 3.63) is 24.3 Å². The van der Waals surface area contributed by atoms with Gasteiger partial charge in [-0.2, -0.15) is 4.31 Å². The van der Waals surface area contributed by atoms with Gasteiger partial charge < -0.3 is 5.73 Å². The molecule has 2 rings (SSSR count). The van der Waals surface area contributed by atoms with Crippen molar-refractivity contribution in [3.63, 3.8) is 0 Å². The number of nitrogen functional groups attached to an aromatic ring is 1. The second-order valence-electron chi connectivity index (χ2n) is 5.93. The minimum Gasteiger partial charge on any atom is -0.399 e. The number of hydrogen-bond acceptors (Lipinski definition) is 4. The fraction of sp³-hybridized carbons (Fsp3) is 0.600. The van der Waals surface area contributed by atoms with Crippen molar-refractivity contribution in [1.82, 2.24) is 4.31 Å². The van der Waals surface area contributed by atoms with Crippen LogP contribution in [-0.4, -0.2) is 36.8 Å². The summed E-state index contributed by atoms with van der Waals surface area (Å²) in [6.45, 7) is 4.76. The van der Waals surface area contributed by atoms with Gasteiger partial charge in [-0.15, -0.1) is 11.8 Å². The first kappa shape index (κ1) is 16.6. The molecule has 0 atom stereocenters. The van der Waals surface area contributed by atoms with E-state index in [1.165, 1.54) is 0 Å². The quantitative estimate of drug-likeness (QED) is 0.589. The second-order valence-corrected chi connectivity index (χ2v) is 9.14. The van der Waals surface area contributed by atoms with Gasteiger partial charge in [-0.3, -0.25) is 0 Å². The van der Waals surface area contributed by atoms with E-state index in [0.717, 1.165) is 17.7 Å². The molecule has 1 aromatic rings. The van der Waals surface area contributed by atoms with Crippen molar-refractivity contribution in [2.75, 3.05) is 23.8 Å². The molecular formula is C15H24N2O2S2. The highest BCUT2D eigenvalue weighted by Crippen LogP contribution is 2.31. The molecule has 0 heterocycles. The van der Waals surface area contributed by atoms with E-state index in [-0.39, 0.29) is 11.8 Å². The summed E-state index contributed by atoms with van der Waals surface area (Å²) >= 11 is 1.54. The minimum absolute atomic E-state index is 0.190. The van der Waals surface area contributed by atoms with Gasteiger partial charge in [0.15, 0.2) is 0 Å². The Morgan fingerprint density at radius 2 is 2.10 bits per heavy atom. The first-order chi connectivity index (χ1) is 9.88. The Labute approximate surface area is 132 Å². The van der Waals surface area contributed by atoms with Gasteiger partial charge in [-0.05, 0) is 37.0 Å². The fourth-order valence-electron chi connectivity index (χ4n) is 2.20. The number of benzene rings is 1. The van der Waals surface area contributed by atoms with Gasteiger partial charge in [-0.25, -0.2) is 8.42 Å². The molecule has 0 amide bonds. The number of rotatable bonds is 8. The Hall–Kier alpha value is -0.720. The lowest BCUT2D eigenvalue weighted by atomic mass is 10.2. The maximum atomic E-state index is 12.5. The third kappa shape index (κ3) is 5.20. The third-order valence-electron chi connectivity index (χ3n) is 3.32. The van der Waals surface area contributed by atoms with Gasteiger partial charge in [-0.1, -0.05) is 19.9 Å². The lowest BCUT2D eigenvalue weighted by Gasteiger charge is -2.23. The summed E-state index contributed by atoms with van der Waals surface area (Å²) in [7, 11) is -3.15. The van der Waals surface area contributed by atoms with Crippen LogP contribution in [0.1, 0.15) is 26.7 Å². The standard InChI is InChI=1S/C15H24N2O2S2/c1-12(2)11-17(14-6-7-14)21(18,19)9-8-20-15-5-3-4-13(16)10-15/h3-5,10,12,14H,6-9,11,16H2,1-2H3. The van der Waals surface area contributed by atoms with Crippen LogP contribution in [0.4, 0.5) is 5.69 Å². The normalized spacial score (nSPS) is 15.8. The molecule has 2 N–H and O–H groups in total. The maximum absolute atomic E-state index is 12.5. The Balaban J connectivity index is 1.90. The van der Waals surface area contributed by atoms with E-state index in [2.05, 4.69) is 13.8 Å². The van der Waals surface area contributed by atoms with E-state index in [4.69, 9.17) is 5.73 Å². The van der Waals surface area contributed by atoms with Crippen LogP contribution in [0, 0.1) is 5.92 Å². The zero-order valence-electron chi connectivity index (χ0n) is 12.7. The predicted molar refractivity (Wildman–Crippen MR) is 89.9 cm³/mol. The first-order valence-electron chi connectivity index (χ1n) is 7.36. The number of anilines is 1. The van der Waals surface area contributed by atoms with Gasteiger partial charge in [0.2, 0.25) is 10.0 Å². The molecule has 0 aliphatic heterocycles. The Bertz CT molecular complexity index is 569. The average Bonchev–Trinajstić information content (AvgIpc) is 3.19. The largest absolute Gasteiger partial charge is 0.399 e. The molecule has 1 aliphatic carbocycles. The molecule has 0 spiro atoms. The van der Waals surface area contributed by atoms with Gasteiger partial charge >= 0.3 is 0 Å². The highest BCUT2D eigenvalue weighted by atomic mass is 32.2. The lowest BCUT2D eigenvalue weighted by Crippen LogP contribution is -2.38. The molecule has 0 bridgehead atoms. The van der Waals surface area contributed by atoms with Crippen LogP contribution >= 0.6 is 11.8 Å². The summed E-state index contributed by atoms with van der Waals surface area (Å²) in [5, 5.41) is 0. The van der Waals surface area contributed by atoms with Crippen molar-refractivity contribution in [1.29, 1.82) is 0 Å². The third-order valence-corrected chi connectivity index (χ3v) is 6.46. The molecule has 118 valence electrons. The molecular weight excluding hydrogens is 304 g/mol. The molecule has 0 unspecified atom stereocenters. The number of nitrogens with zero attached hydrogens (tertiary/aromatic N) is 1. The zero-order chi connectivity index (χ0) is 15.5. The Kier molecular flexibility index (Phi) is 5.57. The van der Waals surface area contributed by atoms with E-state index in [1.54, 1.807) is 16.1 Å². The predicted octanol–water partition coefficient (Wildman–Crippen LogP) is 2.81. The maximum Gasteiger partial charge on any atom is 0.215 e. The molecule has 21 heavy (non-hydrogen) atoms. The van der Waals surface area contributed by atoms with E-state index >= 15 is 0 Å². The molecule has 0 saturated heterocycles. The monoisotopic (exact) mass is 328 g/mol. The van der Waals surface area contributed by atoms with Gasteiger partial charge in [0.05, 0.1) is 5.75 Å². The highest BCUT2D eigenvalue weighted by molar-refractivity contribution is 8.00. The van der Waals surface area contributed by atoms with E-state index in [0.29, 0.717) is 23.9 Å². The molecule has 4 nitrogen and oxygen atoms in total. The molecule has 1 aromatic carbocycles.